The average molecular weight is 246 g/mol. The Morgan fingerprint density at radius 3 is 2.59 bits per heavy atom. The molecule has 0 saturated heterocycles. The third-order valence-corrected chi connectivity index (χ3v) is 3.75. The van der Waals surface area contributed by atoms with Crippen molar-refractivity contribution < 1.29 is 4.79 Å². The summed E-state index contributed by atoms with van der Waals surface area (Å²) in [6, 6.07) is 10.1. The van der Waals surface area contributed by atoms with E-state index in [1.54, 1.807) is 11.8 Å². The Labute approximate surface area is 105 Å². The lowest BCUT2D eigenvalue weighted by Crippen LogP contribution is -2.30. The van der Waals surface area contributed by atoms with Gasteiger partial charge in [0.25, 0.3) is 0 Å². The highest BCUT2D eigenvalue weighted by molar-refractivity contribution is 7.98. The van der Waals surface area contributed by atoms with Gasteiger partial charge in [0.1, 0.15) is 5.41 Å². The predicted molar refractivity (Wildman–Crippen MR) is 67.3 cm³/mol. The summed E-state index contributed by atoms with van der Waals surface area (Å²) in [7, 11) is 0. The molecule has 88 valence electrons. The standard InChI is InChI=1S/C13H14N2OS/c1-17-11-4-2-10(3-5-11)8-15-12(16)13(9-14)6-7-13/h2-5H,6-8H2,1H3,(H,15,16). The number of benzene rings is 1. The fourth-order valence-corrected chi connectivity index (χ4v) is 2.02. The van der Waals surface area contributed by atoms with E-state index in [2.05, 4.69) is 11.4 Å². The van der Waals surface area contributed by atoms with Crippen LogP contribution >= 0.6 is 11.8 Å². The zero-order valence-corrected chi connectivity index (χ0v) is 10.5. The van der Waals surface area contributed by atoms with Crippen molar-refractivity contribution in [2.24, 2.45) is 5.41 Å². The van der Waals surface area contributed by atoms with Crippen LogP contribution < -0.4 is 5.32 Å². The first-order valence-electron chi connectivity index (χ1n) is 5.53. The SMILES string of the molecule is CSc1ccc(CNC(=O)C2(C#N)CC2)cc1. The monoisotopic (exact) mass is 246 g/mol. The second-order valence-corrected chi connectivity index (χ2v) is 5.10. The molecular weight excluding hydrogens is 232 g/mol. The largest absolute Gasteiger partial charge is 0.351 e. The van der Waals surface area contributed by atoms with Crippen LogP contribution in [0.3, 0.4) is 0 Å². The number of carbonyl (C=O) groups is 1. The van der Waals surface area contributed by atoms with E-state index >= 15 is 0 Å². The predicted octanol–water partition coefficient (Wildman–Crippen LogP) is 2.33. The van der Waals surface area contributed by atoms with E-state index in [1.165, 1.54) is 4.90 Å². The number of hydrogen-bond acceptors (Lipinski definition) is 3. The van der Waals surface area contributed by atoms with E-state index in [9.17, 15) is 4.79 Å². The molecule has 1 amide bonds. The number of hydrogen-bond donors (Lipinski definition) is 1. The van der Waals surface area contributed by atoms with Crippen LogP contribution in [0.2, 0.25) is 0 Å². The maximum Gasteiger partial charge on any atom is 0.240 e. The maximum absolute atomic E-state index is 11.7. The smallest absolute Gasteiger partial charge is 0.240 e. The molecule has 0 unspecified atom stereocenters. The average Bonchev–Trinajstić information content (AvgIpc) is 3.17. The summed E-state index contributed by atoms with van der Waals surface area (Å²) in [5.41, 5.74) is 0.337. The van der Waals surface area contributed by atoms with Gasteiger partial charge in [-0.2, -0.15) is 5.26 Å². The van der Waals surface area contributed by atoms with Gasteiger partial charge < -0.3 is 5.32 Å². The molecule has 1 aliphatic rings. The molecule has 3 nitrogen and oxygen atoms in total. The van der Waals surface area contributed by atoms with Crippen LogP contribution in [-0.4, -0.2) is 12.2 Å². The first-order chi connectivity index (χ1) is 8.20. The highest BCUT2D eigenvalue weighted by Crippen LogP contribution is 2.44. The van der Waals surface area contributed by atoms with Gasteiger partial charge in [0.2, 0.25) is 5.91 Å². The number of nitriles is 1. The van der Waals surface area contributed by atoms with Crippen molar-refractivity contribution >= 4 is 17.7 Å². The van der Waals surface area contributed by atoms with Crippen molar-refractivity contribution in [2.75, 3.05) is 6.26 Å². The molecule has 4 heteroatoms. The zero-order valence-electron chi connectivity index (χ0n) is 9.69. The normalized spacial score (nSPS) is 16.0. The molecule has 0 spiro atoms. The summed E-state index contributed by atoms with van der Waals surface area (Å²) in [5.74, 6) is -0.131. The maximum atomic E-state index is 11.7. The van der Waals surface area contributed by atoms with Crippen LogP contribution in [0.25, 0.3) is 0 Å². The first kappa shape index (κ1) is 12.0. The lowest BCUT2D eigenvalue weighted by molar-refractivity contribution is -0.124. The second-order valence-electron chi connectivity index (χ2n) is 4.22. The molecule has 0 aromatic heterocycles. The third kappa shape index (κ3) is 2.62. The van der Waals surface area contributed by atoms with E-state index in [4.69, 9.17) is 5.26 Å². The van der Waals surface area contributed by atoms with Crippen molar-refractivity contribution in [2.45, 2.75) is 24.3 Å². The van der Waals surface area contributed by atoms with Gasteiger partial charge in [-0.25, -0.2) is 0 Å². The highest BCUT2D eigenvalue weighted by atomic mass is 32.2. The Balaban J connectivity index is 1.90. The van der Waals surface area contributed by atoms with Crippen LogP contribution in [0, 0.1) is 16.7 Å². The fourth-order valence-electron chi connectivity index (χ4n) is 1.61. The van der Waals surface area contributed by atoms with Crippen LogP contribution in [0.5, 0.6) is 0 Å². The number of thioether (sulfide) groups is 1. The number of amides is 1. The van der Waals surface area contributed by atoms with Crippen LogP contribution in [-0.2, 0) is 11.3 Å². The molecule has 0 radical (unpaired) electrons. The lowest BCUT2D eigenvalue weighted by Gasteiger charge is -2.08. The lowest BCUT2D eigenvalue weighted by atomic mass is 10.1. The van der Waals surface area contributed by atoms with Crippen LogP contribution in [0.1, 0.15) is 18.4 Å². The Morgan fingerprint density at radius 2 is 2.12 bits per heavy atom. The van der Waals surface area contributed by atoms with Crippen molar-refractivity contribution in [1.29, 1.82) is 5.26 Å². The summed E-state index contributed by atoms with van der Waals surface area (Å²) < 4.78 is 0. The first-order valence-corrected chi connectivity index (χ1v) is 6.75. The minimum absolute atomic E-state index is 0.131. The molecule has 1 aromatic carbocycles. The molecule has 0 atom stereocenters. The summed E-state index contributed by atoms with van der Waals surface area (Å²) >= 11 is 1.69. The molecule has 17 heavy (non-hydrogen) atoms. The van der Waals surface area contributed by atoms with Crippen molar-refractivity contribution in [3.05, 3.63) is 29.8 Å². The topological polar surface area (TPSA) is 52.9 Å². The van der Waals surface area contributed by atoms with Crippen LogP contribution in [0.15, 0.2) is 29.2 Å². The number of nitrogens with one attached hydrogen (secondary N) is 1. The minimum atomic E-state index is -0.723. The van der Waals surface area contributed by atoms with E-state index in [0.29, 0.717) is 19.4 Å². The summed E-state index contributed by atoms with van der Waals surface area (Å²) in [5, 5.41) is 11.7. The van der Waals surface area contributed by atoms with Gasteiger partial charge in [-0.1, -0.05) is 12.1 Å². The number of rotatable bonds is 4. The Bertz CT molecular complexity index is 457. The molecule has 1 saturated carbocycles. The molecule has 2 rings (SSSR count). The molecular formula is C13H14N2OS. The van der Waals surface area contributed by atoms with E-state index < -0.39 is 5.41 Å². The van der Waals surface area contributed by atoms with Gasteiger partial charge in [0, 0.05) is 11.4 Å². The quantitative estimate of drug-likeness (QED) is 0.830. The molecule has 0 bridgehead atoms. The number of carbonyl (C=O) groups excluding carboxylic acids is 1. The third-order valence-electron chi connectivity index (χ3n) is 3.01. The van der Waals surface area contributed by atoms with E-state index in [1.807, 2.05) is 30.5 Å². The molecule has 1 N–H and O–H groups in total. The van der Waals surface area contributed by atoms with Crippen molar-refractivity contribution in [1.82, 2.24) is 5.32 Å². The zero-order chi connectivity index (χ0) is 12.3. The second kappa shape index (κ2) is 4.80. The van der Waals surface area contributed by atoms with Gasteiger partial charge >= 0.3 is 0 Å². The summed E-state index contributed by atoms with van der Waals surface area (Å²) in [6.07, 6.45) is 3.42. The van der Waals surface area contributed by atoms with Crippen LogP contribution in [0.4, 0.5) is 0 Å². The van der Waals surface area contributed by atoms with Gasteiger partial charge in [-0.15, -0.1) is 11.8 Å². The Kier molecular flexibility index (Phi) is 3.39. The van der Waals surface area contributed by atoms with Gasteiger partial charge in [0.15, 0.2) is 0 Å². The summed E-state index contributed by atoms with van der Waals surface area (Å²) in [6.45, 7) is 0.497. The minimum Gasteiger partial charge on any atom is -0.351 e. The molecule has 0 heterocycles. The summed E-state index contributed by atoms with van der Waals surface area (Å²) in [4.78, 5) is 12.9. The molecule has 1 aliphatic carbocycles. The fraction of sp³-hybridized carbons (Fsp3) is 0.385. The number of nitrogens with zero attached hydrogens (tertiary/aromatic N) is 1. The Hall–Kier alpha value is -1.47. The highest BCUT2D eigenvalue weighted by Gasteiger charge is 2.50. The van der Waals surface area contributed by atoms with E-state index in [0.717, 1.165) is 5.56 Å². The van der Waals surface area contributed by atoms with Gasteiger partial charge in [0.05, 0.1) is 6.07 Å². The van der Waals surface area contributed by atoms with Crippen molar-refractivity contribution in [3.63, 3.8) is 0 Å². The molecule has 0 aliphatic heterocycles. The van der Waals surface area contributed by atoms with Crippen molar-refractivity contribution in [3.8, 4) is 6.07 Å². The molecule has 1 aromatic rings. The Morgan fingerprint density at radius 1 is 1.47 bits per heavy atom. The van der Waals surface area contributed by atoms with Gasteiger partial charge in [-0.05, 0) is 36.8 Å². The van der Waals surface area contributed by atoms with Gasteiger partial charge in [-0.3, -0.25) is 4.79 Å². The van der Waals surface area contributed by atoms with E-state index in [-0.39, 0.29) is 5.91 Å². The molecule has 1 fully saturated rings.